The van der Waals surface area contributed by atoms with Crippen LogP contribution in [0.3, 0.4) is 0 Å². The maximum absolute atomic E-state index is 12.6. The monoisotopic (exact) mass is 369 g/mol. The molecule has 2 aromatic heterocycles. The molecule has 0 spiro atoms. The molecule has 138 valence electrons. The van der Waals surface area contributed by atoms with Gasteiger partial charge in [-0.3, -0.25) is 10.1 Å². The summed E-state index contributed by atoms with van der Waals surface area (Å²) in [5.41, 5.74) is 6.50. The van der Waals surface area contributed by atoms with Gasteiger partial charge in [0, 0.05) is 17.8 Å². The molecule has 0 radical (unpaired) electrons. The standard InChI is InChI=1S/C22H19N5O/c28-22(25-19-5-2-6-21-18(19)13-24-27-21)26-20-8-7-16-15(3-1-4-17(16)20)14-9-11-23-12-10-14/h1-6,9-13,20H,7-8H2,(H,24,27)(H2,25,26,28). The molecule has 0 saturated carbocycles. The van der Waals surface area contributed by atoms with E-state index in [2.05, 4.69) is 44.0 Å². The van der Waals surface area contributed by atoms with Gasteiger partial charge in [0.2, 0.25) is 0 Å². The Balaban J connectivity index is 1.37. The second kappa shape index (κ2) is 6.81. The van der Waals surface area contributed by atoms with Crippen LogP contribution in [0.1, 0.15) is 23.6 Å². The van der Waals surface area contributed by atoms with Crippen molar-refractivity contribution in [2.75, 3.05) is 5.32 Å². The molecular weight excluding hydrogens is 350 g/mol. The maximum Gasteiger partial charge on any atom is 0.319 e. The maximum atomic E-state index is 12.6. The minimum absolute atomic E-state index is 0.000315. The fraction of sp³-hybridized carbons (Fsp3) is 0.136. The SMILES string of the molecule is O=C(Nc1cccc2[nH]ncc12)NC1CCc2c(-c3ccncc3)cccc21. The lowest BCUT2D eigenvalue weighted by Gasteiger charge is -2.16. The molecule has 2 amide bonds. The molecule has 6 heteroatoms. The number of urea groups is 1. The van der Waals surface area contributed by atoms with Crippen LogP contribution in [0.4, 0.5) is 10.5 Å². The molecule has 1 aliphatic rings. The second-order valence-electron chi connectivity index (χ2n) is 6.94. The number of H-pyrrole nitrogens is 1. The van der Waals surface area contributed by atoms with Gasteiger partial charge >= 0.3 is 6.03 Å². The molecule has 0 bridgehead atoms. The van der Waals surface area contributed by atoms with Crippen LogP contribution in [-0.4, -0.2) is 21.2 Å². The fourth-order valence-electron chi connectivity index (χ4n) is 4.00. The van der Waals surface area contributed by atoms with Crippen molar-refractivity contribution in [3.05, 3.63) is 78.2 Å². The Morgan fingerprint density at radius 2 is 1.93 bits per heavy atom. The number of carbonyl (C=O) groups is 1. The number of fused-ring (bicyclic) bond motifs is 2. The number of benzene rings is 2. The molecule has 0 aliphatic heterocycles. The lowest BCUT2D eigenvalue weighted by molar-refractivity contribution is 0.248. The van der Waals surface area contributed by atoms with Gasteiger partial charge in [-0.1, -0.05) is 24.3 Å². The van der Waals surface area contributed by atoms with E-state index >= 15 is 0 Å². The number of nitrogens with one attached hydrogen (secondary N) is 3. The Kier molecular flexibility index (Phi) is 4.01. The van der Waals surface area contributed by atoms with E-state index in [0.717, 1.165) is 35.0 Å². The van der Waals surface area contributed by atoms with Crippen molar-refractivity contribution in [2.45, 2.75) is 18.9 Å². The summed E-state index contributed by atoms with van der Waals surface area (Å²) < 4.78 is 0. The quantitative estimate of drug-likeness (QED) is 0.499. The molecule has 0 saturated heterocycles. The van der Waals surface area contributed by atoms with Crippen molar-refractivity contribution >= 4 is 22.6 Å². The van der Waals surface area contributed by atoms with Crippen molar-refractivity contribution in [1.29, 1.82) is 0 Å². The fourth-order valence-corrected chi connectivity index (χ4v) is 4.00. The summed E-state index contributed by atoms with van der Waals surface area (Å²) in [6.45, 7) is 0. The average molecular weight is 369 g/mol. The van der Waals surface area contributed by atoms with E-state index in [0.29, 0.717) is 0 Å². The number of aromatic amines is 1. The largest absolute Gasteiger partial charge is 0.331 e. The van der Waals surface area contributed by atoms with Gasteiger partial charge in [-0.2, -0.15) is 5.10 Å². The number of hydrogen-bond donors (Lipinski definition) is 3. The van der Waals surface area contributed by atoms with Crippen molar-refractivity contribution in [3.63, 3.8) is 0 Å². The topological polar surface area (TPSA) is 82.7 Å². The lowest BCUT2D eigenvalue weighted by Crippen LogP contribution is -2.31. The third-order valence-corrected chi connectivity index (χ3v) is 5.30. The van der Waals surface area contributed by atoms with Crippen LogP contribution < -0.4 is 10.6 Å². The van der Waals surface area contributed by atoms with Gasteiger partial charge in [-0.05, 0) is 59.4 Å². The van der Waals surface area contributed by atoms with Gasteiger partial charge in [0.25, 0.3) is 0 Å². The first-order chi connectivity index (χ1) is 13.8. The summed E-state index contributed by atoms with van der Waals surface area (Å²) in [5, 5.41) is 13.9. The van der Waals surface area contributed by atoms with Gasteiger partial charge < -0.3 is 10.6 Å². The van der Waals surface area contributed by atoms with Crippen molar-refractivity contribution < 1.29 is 4.79 Å². The number of nitrogens with zero attached hydrogens (tertiary/aromatic N) is 2. The third kappa shape index (κ3) is 2.89. The summed E-state index contributed by atoms with van der Waals surface area (Å²) in [6, 6.07) is 15.8. The molecule has 1 unspecified atom stereocenters. The van der Waals surface area contributed by atoms with Gasteiger partial charge in [-0.15, -0.1) is 0 Å². The number of amides is 2. The van der Waals surface area contributed by atoms with Crippen molar-refractivity contribution in [1.82, 2.24) is 20.5 Å². The van der Waals surface area contributed by atoms with Crippen LogP contribution in [0.2, 0.25) is 0 Å². The van der Waals surface area contributed by atoms with Crippen LogP contribution in [-0.2, 0) is 6.42 Å². The molecule has 4 aromatic rings. The first-order valence-electron chi connectivity index (χ1n) is 9.31. The zero-order valence-electron chi connectivity index (χ0n) is 15.1. The van der Waals surface area contributed by atoms with Crippen molar-refractivity contribution in [3.8, 4) is 11.1 Å². The molecule has 1 aliphatic carbocycles. The molecule has 1 atom stereocenters. The molecule has 0 fully saturated rings. The highest BCUT2D eigenvalue weighted by Gasteiger charge is 2.26. The minimum atomic E-state index is -0.208. The molecule has 5 rings (SSSR count). The first kappa shape index (κ1) is 16.5. The van der Waals surface area contributed by atoms with E-state index in [-0.39, 0.29) is 12.1 Å². The minimum Gasteiger partial charge on any atom is -0.331 e. The van der Waals surface area contributed by atoms with Gasteiger partial charge in [0.05, 0.1) is 23.4 Å². The highest BCUT2D eigenvalue weighted by Crippen LogP contribution is 2.37. The van der Waals surface area contributed by atoms with Crippen LogP contribution in [0, 0.1) is 0 Å². The first-order valence-corrected chi connectivity index (χ1v) is 9.31. The number of rotatable bonds is 3. The summed E-state index contributed by atoms with van der Waals surface area (Å²) in [7, 11) is 0. The highest BCUT2D eigenvalue weighted by molar-refractivity contribution is 6.00. The van der Waals surface area contributed by atoms with Crippen LogP contribution in [0.15, 0.2) is 67.1 Å². The Morgan fingerprint density at radius 3 is 2.82 bits per heavy atom. The van der Waals surface area contributed by atoms with Crippen LogP contribution in [0.25, 0.3) is 22.0 Å². The number of aromatic nitrogens is 3. The Bertz CT molecular complexity index is 1150. The summed E-state index contributed by atoms with van der Waals surface area (Å²) in [5.74, 6) is 0. The Hall–Kier alpha value is -3.67. The van der Waals surface area contributed by atoms with Gasteiger partial charge in [0.1, 0.15) is 0 Å². The summed E-state index contributed by atoms with van der Waals surface area (Å²) in [6.07, 6.45) is 7.17. The third-order valence-electron chi connectivity index (χ3n) is 5.30. The summed E-state index contributed by atoms with van der Waals surface area (Å²) in [4.78, 5) is 16.7. The molecule has 28 heavy (non-hydrogen) atoms. The van der Waals surface area contributed by atoms with Crippen LogP contribution in [0.5, 0.6) is 0 Å². The van der Waals surface area contributed by atoms with E-state index in [9.17, 15) is 4.79 Å². The summed E-state index contributed by atoms with van der Waals surface area (Å²) >= 11 is 0. The average Bonchev–Trinajstić information content (AvgIpc) is 3.36. The Labute approximate surface area is 162 Å². The van der Waals surface area contributed by atoms with E-state index in [1.807, 2.05) is 42.7 Å². The smallest absolute Gasteiger partial charge is 0.319 e. The predicted octanol–water partition coefficient (Wildman–Crippen LogP) is 4.43. The van der Waals surface area contributed by atoms with Gasteiger partial charge in [-0.25, -0.2) is 4.79 Å². The van der Waals surface area contributed by atoms with E-state index < -0.39 is 0 Å². The van der Waals surface area contributed by atoms with E-state index in [1.165, 1.54) is 16.7 Å². The number of hydrogen-bond acceptors (Lipinski definition) is 3. The molecule has 2 heterocycles. The van der Waals surface area contributed by atoms with E-state index in [4.69, 9.17) is 0 Å². The predicted molar refractivity (Wildman–Crippen MR) is 109 cm³/mol. The normalized spacial score (nSPS) is 15.4. The van der Waals surface area contributed by atoms with Crippen molar-refractivity contribution in [2.24, 2.45) is 0 Å². The molecule has 3 N–H and O–H groups in total. The van der Waals surface area contributed by atoms with Crippen LogP contribution >= 0.6 is 0 Å². The molecule has 2 aromatic carbocycles. The van der Waals surface area contributed by atoms with E-state index in [1.54, 1.807) is 6.20 Å². The number of carbonyl (C=O) groups excluding carboxylic acids is 1. The second-order valence-corrected chi connectivity index (χ2v) is 6.94. The zero-order chi connectivity index (χ0) is 18.9. The number of pyridine rings is 1. The highest BCUT2D eigenvalue weighted by atomic mass is 16.2. The number of anilines is 1. The molecular formula is C22H19N5O. The van der Waals surface area contributed by atoms with Gasteiger partial charge in [0.15, 0.2) is 0 Å². The Morgan fingerprint density at radius 1 is 1.07 bits per heavy atom. The zero-order valence-corrected chi connectivity index (χ0v) is 15.1. The lowest BCUT2D eigenvalue weighted by atomic mass is 9.97. The molecule has 6 nitrogen and oxygen atoms in total.